The van der Waals surface area contributed by atoms with E-state index in [9.17, 15) is 4.79 Å². The van der Waals surface area contributed by atoms with Gasteiger partial charge in [-0.05, 0) is 12.5 Å². The SMILES string of the molecule is COC(=O)C(CN1CCOCC1C)c1ccccc1. The van der Waals surface area contributed by atoms with Crippen LogP contribution in [0, 0.1) is 0 Å². The Morgan fingerprint density at radius 2 is 2.21 bits per heavy atom. The summed E-state index contributed by atoms with van der Waals surface area (Å²) in [6.45, 7) is 5.12. The Balaban J connectivity index is 2.12. The van der Waals surface area contributed by atoms with Crippen molar-refractivity contribution in [1.82, 2.24) is 4.90 Å². The lowest BCUT2D eigenvalue weighted by Crippen LogP contribution is -2.46. The first kappa shape index (κ1) is 14.0. The van der Waals surface area contributed by atoms with Crippen molar-refractivity contribution in [2.24, 2.45) is 0 Å². The largest absolute Gasteiger partial charge is 0.469 e. The molecule has 0 aromatic heterocycles. The summed E-state index contributed by atoms with van der Waals surface area (Å²) in [5.74, 6) is -0.406. The van der Waals surface area contributed by atoms with Gasteiger partial charge in [-0.1, -0.05) is 30.3 Å². The van der Waals surface area contributed by atoms with Crippen LogP contribution in [-0.2, 0) is 14.3 Å². The fourth-order valence-electron chi connectivity index (χ4n) is 2.41. The molecule has 19 heavy (non-hydrogen) atoms. The maximum absolute atomic E-state index is 12.0. The Morgan fingerprint density at radius 1 is 1.47 bits per heavy atom. The first-order valence-electron chi connectivity index (χ1n) is 6.67. The molecule has 1 aromatic carbocycles. The van der Waals surface area contributed by atoms with E-state index in [1.165, 1.54) is 7.11 Å². The molecule has 0 radical (unpaired) electrons. The third kappa shape index (κ3) is 3.55. The molecular weight excluding hydrogens is 242 g/mol. The highest BCUT2D eigenvalue weighted by Crippen LogP contribution is 2.20. The van der Waals surface area contributed by atoms with E-state index < -0.39 is 0 Å². The second kappa shape index (κ2) is 6.68. The summed E-state index contributed by atoms with van der Waals surface area (Å²) in [5.41, 5.74) is 1.01. The number of carbonyl (C=O) groups excluding carboxylic acids is 1. The second-order valence-electron chi connectivity index (χ2n) is 4.91. The zero-order chi connectivity index (χ0) is 13.7. The normalized spacial score (nSPS) is 21.9. The van der Waals surface area contributed by atoms with Gasteiger partial charge < -0.3 is 9.47 Å². The number of benzene rings is 1. The zero-order valence-electron chi connectivity index (χ0n) is 11.5. The predicted octanol–water partition coefficient (Wildman–Crippen LogP) is 1.66. The van der Waals surface area contributed by atoms with Crippen LogP contribution in [0.4, 0.5) is 0 Å². The van der Waals surface area contributed by atoms with Gasteiger partial charge in [0.2, 0.25) is 0 Å². The average Bonchev–Trinajstić information content (AvgIpc) is 2.46. The number of methoxy groups -OCH3 is 1. The molecule has 1 fully saturated rings. The van der Waals surface area contributed by atoms with Gasteiger partial charge in [0.1, 0.15) is 0 Å². The van der Waals surface area contributed by atoms with Gasteiger partial charge in [0.15, 0.2) is 0 Å². The minimum absolute atomic E-state index is 0.176. The number of morpholine rings is 1. The number of nitrogens with zero attached hydrogens (tertiary/aromatic N) is 1. The Morgan fingerprint density at radius 3 is 2.84 bits per heavy atom. The number of carbonyl (C=O) groups is 1. The Bertz CT molecular complexity index is 407. The molecule has 1 saturated heterocycles. The van der Waals surface area contributed by atoms with E-state index in [4.69, 9.17) is 9.47 Å². The van der Waals surface area contributed by atoms with Crippen molar-refractivity contribution in [3.05, 3.63) is 35.9 Å². The number of rotatable bonds is 4. The quantitative estimate of drug-likeness (QED) is 0.775. The summed E-state index contributed by atoms with van der Waals surface area (Å²) < 4.78 is 10.4. The van der Waals surface area contributed by atoms with E-state index in [1.54, 1.807) is 0 Å². The molecule has 104 valence electrons. The monoisotopic (exact) mass is 263 g/mol. The van der Waals surface area contributed by atoms with Crippen LogP contribution in [0.2, 0.25) is 0 Å². The predicted molar refractivity (Wildman–Crippen MR) is 73.1 cm³/mol. The highest BCUT2D eigenvalue weighted by Gasteiger charge is 2.28. The van der Waals surface area contributed by atoms with Gasteiger partial charge in [0.25, 0.3) is 0 Å². The Kier molecular flexibility index (Phi) is 4.93. The lowest BCUT2D eigenvalue weighted by Gasteiger charge is -2.35. The molecule has 0 saturated carbocycles. The van der Waals surface area contributed by atoms with Crippen molar-refractivity contribution in [2.45, 2.75) is 18.9 Å². The third-order valence-electron chi connectivity index (χ3n) is 3.61. The van der Waals surface area contributed by atoms with Crippen LogP contribution in [-0.4, -0.2) is 50.3 Å². The highest BCUT2D eigenvalue weighted by molar-refractivity contribution is 5.78. The molecule has 4 nitrogen and oxygen atoms in total. The molecule has 4 heteroatoms. The van der Waals surface area contributed by atoms with Gasteiger partial charge >= 0.3 is 5.97 Å². The summed E-state index contributed by atoms with van der Waals surface area (Å²) >= 11 is 0. The molecule has 0 N–H and O–H groups in total. The van der Waals surface area contributed by atoms with Crippen LogP contribution in [0.15, 0.2) is 30.3 Å². The van der Waals surface area contributed by atoms with Crippen LogP contribution in [0.25, 0.3) is 0 Å². The van der Waals surface area contributed by atoms with Crippen LogP contribution in [0.1, 0.15) is 18.4 Å². The standard InChI is InChI=1S/C15H21NO3/c1-12-11-19-9-8-16(12)10-14(15(17)18-2)13-6-4-3-5-7-13/h3-7,12,14H,8-11H2,1-2H3. The molecule has 0 amide bonds. The molecule has 0 bridgehead atoms. The fourth-order valence-corrected chi connectivity index (χ4v) is 2.41. The number of hydrogen-bond donors (Lipinski definition) is 0. The summed E-state index contributed by atoms with van der Waals surface area (Å²) in [5, 5.41) is 0. The van der Waals surface area contributed by atoms with E-state index in [-0.39, 0.29) is 11.9 Å². The number of hydrogen-bond acceptors (Lipinski definition) is 4. The molecule has 1 heterocycles. The first-order valence-corrected chi connectivity index (χ1v) is 6.67. The fraction of sp³-hybridized carbons (Fsp3) is 0.533. The van der Waals surface area contributed by atoms with Crippen LogP contribution in [0.3, 0.4) is 0 Å². The molecule has 2 unspecified atom stereocenters. The van der Waals surface area contributed by atoms with E-state index in [0.29, 0.717) is 12.6 Å². The molecule has 1 aliphatic rings. The van der Waals surface area contributed by atoms with E-state index in [2.05, 4.69) is 11.8 Å². The number of ether oxygens (including phenoxy) is 2. The second-order valence-corrected chi connectivity index (χ2v) is 4.91. The van der Waals surface area contributed by atoms with Crippen molar-refractivity contribution >= 4 is 5.97 Å². The Labute approximate surface area is 114 Å². The molecule has 0 aliphatic carbocycles. The van der Waals surface area contributed by atoms with Crippen molar-refractivity contribution < 1.29 is 14.3 Å². The maximum Gasteiger partial charge on any atom is 0.314 e. The lowest BCUT2D eigenvalue weighted by molar-refractivity contribution is -0.143. The van der Waals surface area contributed by atoms with Crippen molar-refractivity contribution in [3.63, 3.8) is 0 Å². The molecule has 0 spiro atoms. The van der Waals surface area contributed by atoms with Gasteiger partial charge in [0.05, 0.1) is 26.2 Å². The molecule has 1 aliphatic heterocycles. The minimum atomic E-state index is -0.230. The third-order valence-corrected chi connectivity index (χ3v) is 3.61. The van der Waals surface area contributed by atoms with Crippen LogP contribution >= 0.6 is 0 Å². The summed E-state index contributed by atoms with van der Waals surface area (Å²) in [6.07, 6.45) is 0. The van der Waals surface area contributed by atoms with Crippen molar-refractivity contribution in [1.29, 1.82) is 0 Å². The number of esters is 1. The minimum Gasteiger partial charge on any atom is -0.469 e. The lowest BCUT2D eigenvalue weighted by atomic mass is 9.98. The maximum atomic E-state index is 12.0. The van der Waals surface area contributed by atoms with Gasteiger partial charge in [-0.3, -0.25) is 9.69 Å². The smallest absolute Gasteiger partial charge is 0.314 e. The molecule has 2 rings (SSSR count). The zero-order valence-corrected chi connectivity index (χ0v) is 11.5. The summed E-state index contributed by atoms with van der Waals surface area (Å²) in [4.78, 5) is 14.3. The average molecular weight is 263 g/mol. The summed E-state index contributed by atoms with van der Waals surface area (Å²) in [6, 6.07) is 10.2. The molecule has 2 atom stereocenters. The van der Waals surface area contributed by atoms with Crippen LogP contribution < -0.4 is 0 Å². The van der Waals surface area contributed by atoms with Gasteiger partial charge in [-0.2, -0.15) is 0 Å². The molecular formula is C15H21NO3. The van der Waals surface area contributed by atoms with Gasteiger partial charge in [-0.15, -0.1) is 0 Å². The summed E-state index contributed by atoms with van der Waals surface area (Å²) in [7, 11) is 1.45. The van der Waals surface area contributed by atoms with Crippen molar-refractivity contribution in [3.8, 4) is 0 Å². The topological polar surface area (TPSA) is 38.8 Å². The van der Waals surface area contributed by atoms with Crippen molar-refractivity contribution in [2.75, 3.05) is 33.4 Å². The van der Waals surface area contributed by atoms with Gasteiger partial charge in [-0.25, -0.2) is 0 Å². The first-order chi connectivity index (χ1) is 9.22. The van der Waals surface area contributed by atoms with E-state index in [0.717, 1.165) is 25.3 Å². The van der Waals surface area contributed by atoms with Gasteiger partial charge in [0, 0.05) is 19.1 Å². The van der Waals surface area contributed by atoms with E-state index in [1.807, 2.05) is 30.3 Å². The molecule has 1 aromatic rings. The van der Waals surface area contributed by atoms with Crippen LogP contribution in [0.5, 0.6) is 0 Å². The van der Waals surface area contributed by atoms with E-state index >= 15 is 0 Å². The Hall–Kier alpha value is -1.39. The highest BCUT2D eigenvalue weighted by atomic mass is 16.5.